The number of hydrogen-bond donors (Lipinski definition) is 2. The van der Waals surface area contributed by atoms with Crippen molar-refractivity contribution in [3.8, 4) is 0 Å². The highest BCUT2D eigenvalue weighted by molar-refractivity contribution is 5.98. The number of carbonyl (C=O) groups excluding carboxylic acids is 1. The zero-order chi connectivity index (χ0) is 15.4. The fraction of sp³-hybridized carbons (Fsp3) is 0.500. The van der Waals surface area contributed by atoms with Crippen molar-refractivity contribution in [1.29, 1.82) is 0 Å². The molecule has 1 aliphatic carbocycles. The maximum absolute atomic E-state index is 13.1. The predicted octanol–water partition coefficient (Wildman–Crippen LogP) is 2.01. The molecule has 1 aromatic carbocycles. The van der Waals surface area contributed by atoms with Crippen molar-refractivity contribution in [3.63, 3.8) is 0 Å². The van der Waals surface area contributed by atoms with Crippen LogP contribution in [0.1, 0.15) is 36.0 Å². The predicted molar refractivity (Wildman–Crippen MR) is 73.4 cm³/mol. The monoisotopic (exact) mass is 296 g/mol. The Balaban J connectivity index is 2.06. The lowest BCUT2D eigenvalue weighted by Crippen LogP contribution is -2.38. The second-order valence-electron chi connectivity index (χ2n) is 5.29. The Morgan fingerprint density at radius 3 is 2.62 bits per heavy atom. The van der Waals surface area contributed by atoms with Gasteiger partial charge >= 0.3 is 0 Å². The number of amides is 1. The molecule has 21 heavy (non-hydrogen) atoms. The van der Waals surface area contributed by atoms with Crippen LogP contribution in [0, 0.1) is 21.8 Å². The largest absolute Gasteiger partial charge is 0.396 e. The summed E-state index contributed by atoms with van der Waals surface area (Å²) in [6.45, 7) is 0.143. The van der Waals surface area contributed by atoms with E-state index >= 15 is 0 Å². The molecule has 2 rings (SSSR count). The van der Waals surface area contributed by atoms with E-state index in [1.165, 1.54) is 0 Å². The SMILES string of the molecule is O=C(NC1CCC(CO)CC1)c1ccc(F)cc1[N+](=O)[O-]. The van der Waals surface area contributed by atoms with Crippen LogP contribution in [0.15, 0.2) is 18.2 Å². The van der Waals surface area contributed by atoms with E-state index in [4.69, 9.17) is 5.11 Å². The maximum Gasteiger partial charge on any atom is 0.285 e. The molecule has 2 N–H and O–H groups in total. The molecule has 0 radical (unpaired) electrons. The van der Waals surface area contributed by atoms with E-state index in [0.717, 1.165) is 43.9 Å². The fourth-order valence-corrected chi connectivity index (χ4v) is 2.60. The minimum absolute atomic E-state index is 0.0649. The van der Waals surface area contributed by atoms with Gasteiger partial charge in [0.1, 0.15) is 11.4 Å². The minimum Gasteiger partial charge on any atom is -0.396 e. The van der Waals surface area contributed by atoms with Crippen LogP contribution in [-0.2, 0) is 0 Å². The van der Waals surface area contributed by atoms with Crippen molar-refractivity contribution < 1.29 is 19.2 Å². The Labute approximate surface area is 121 Å². The first-order chi connectivity index (χ1) is 10.0. The van der Waals surface area contributed by atoms with Gasteiger partial charge in [-0.05, 0) is 43.7 Å². The first-order valence-electron chi connectivity index (χ1n) is 6.87. The standard InChI is InChI=1S/C14H17FN2O4/c15-10-3-6-12(13(7-10)17(20)21)14(19)16-11-4-1-9(8-18)2-5-11/h3,6-7,9,11,18H,1-2,4-5,8H2,(H,16,19). The van der Waals surface area contributed by atoms with Gasteiger partial charge < -0.3 is 10.4 Å². The summed E-state index contributed by atoms with van der Waals surface area (Å²) >= 11 is 0. The summed E-state index contributed by atoms with van der Waals surface area (Å²) in [7, 11) is 0. The third-order valence-electron chi connectivity index (χ3n) is 3.84. The summed E-state index contributed by atoms with van der Waals surface area (Å²) in [5.41, 5.74) is -0.665. The summed E-state index contributed by atoms with van der Waals surface area (Å²) in [4.78, 5) is 22.2. The second kappa shape index (κ2) is 6.62. The molecule has 0 saturated heterocycles. The van der Waals surface area contributed by atoms with Crippen LogP contribution in [-0.4, -0.2) is 28.6 Å². The third kappa shape index (κ3) is 3.75. The van der Waals surface area contributed by atoms with Crippen molar-refractivity contribution in [3.05, 3.63) is 39.7 Å². The summed E-state index contributed by atoms with van der Waals surface area (Å²) < 4.78 is 13.1. The number of nitro benzene ring substituents is 1. The van der Waals surface area contributed by atoms with Crippen LogP contribution in [0.4, 0.5) is 10.1 Å². The molecule has 0 aromatic heterocycles. The van der Waals surface area contributed by atoms with Crippen molar-refractivity contribution >= 4 is 11.6 Å². The summed E-state index contributed by atoms with van der Waals surface area (Å²) in [5.74, 6) is -1.05. The Morgan fingerprint density at radius 2 is 2.05 bits per heavy atom. The Kier molecular flexibility index (Phi) is 4.85. The van der Waals surface area contributed by atoms with E-state index in [-0.39, 0.29) is 24.1 Å². The van der Waals surface area contributed by atoms with E-state index in [1.54, 1.807) is 0 Å². The molecule has 1 saturated carbocycles. The Bertz CT molecular complexity index is 542. The van der Waals surface area contributed by atoms with Crippen LogP contribution in [0.5, 0.6) is 0 Å². The zero-order valence-corrected chi connectivity index (χ0v) is 11.4. The average molecular weight is 296 g/mol. The van der Waals surface area contributed by atoms with E-state index in [2.05, 4.69) is 5.32 Å². The van der Waals surface area contributed by atoms with Crippen LogP contribution in [0.25, 0.3) is 0 Å². The van der Waals surface area contributed by atoms with Crippen LogP contribution in [0.3, 0.4) is 0 Å². The summed E-state index contributed by atoms with van der Waals surface area (Å²) in [5, 5.41) is 22.7. The van der Waals surface area contributed by atoms with Gasteiger partial charge in [0.15, 0.2) is 0 Å². The number of aliphatic hydroxyl groups is 1. The number of rotatable bonds is 4. The zero-order valence-electron chi connectivity index (χ0n) is 11.4. The molecule has 1 amide bonds. The molecule has 114 valence electrons. The lowest BCUT2D eigenvalue weighted by atomic mass is 9.86. The third-order valence-corrected chi connectivity index (χ3v) is 3.84. The number of nitrogens with zero attached hydrogens (tertiary/aromatic N) is 1. The van der Waals surface area contributed by atoms with Crippen LogP contribution < -0.4 is 5.32 Å². The van der Waals surface area contributed by atoms with Gasteiger partial charge in [0, 0.05) is 12.6 Å². The number of benzene rings is 1. The number of aliphatic hydroxyl groups excluding tert-OH is 1. The highest BCUT2D eigenvalue weighted by Crippen LogP contribution is 2.25. The Morgan fingerprint density at radius 1 is 1.38 bits per heavy atom. The molecule has 1 aromatic rings. The highest BCUT2D eigenvalue weighted by atomic mass is 19.1. The van der Waals surface area contributed by atoms with Gasteiger partial charge in [-0.3, -0.25) is 14.9 Å². The van der Waals surface area contributed by atoms with Gasteiger partial charge in [-0.25, -0.2) is 4.39 Å². The number of hydrogen-bond acceptors (Lipinski definition) is 4. The molecular weight excluding hydrogens is 279 g/mol. The van der Waals surface area contributed by atoms with Gasteiger partial charge in [0.25, 0.3) is 11.6 Å². The van der Waals surface area contributed by atoms with Crippen LogP contribution >= 0.6 is 0 Å². The normalized spacial score (nSPS) is 21.8. The molecule has 0 aliphatic heterocycles. The van der Waals surface area contributed by atoms with Gasteiger partial charge in [-0.15, -0.1) is 0 Å². The first kappa shape index (κ1) is 15.4. The molecule has 0 spiro atoms. The van der Waals surface area contributed by atoms with Gasteiger partial charge in [0.2, 0.25) is 0 Å². The van der Waals surface area contributed by atoms with Crippen molar-refractivity contribution in [2.24, 2.45) is 5.92 Å². The first-order valence-corrected chi connectivity index (χ1v) is 6.87. The van der Waals surface area contributed by atoms with Crippen molar-refractivity contribution in [2.75, 3.05) is 6.61 Å². The molecule has 0 heterocycles. The quantitative estimate of drug-likeness (QED) is 0.656. The van der Waals surface area contributed by atoms with Crippen LogP contribution in [0.2, 0.25) is 0 Å². The molecule has 0 bridgehead atoms. The van der Waals surface area contributed by atoms with Crippen molar-refractivity contribution in [1.82, 2.24) is 5.32 Å². The number of carbonyl (C=O) groups is 1. The molecule has 1 fully saturated rings. The minimum atomic E-state index is -0.763. The maximum atomic E-state index is 13.1. The topological polar surface area (TPSA) is 92.5 Å². The highest BCUT2D eigenvalue weighted by Gasteiger charge is 2.26. The van der Waals surface area contributed by atoms with Gasteiger partial charge in [-0.2, -0.15) is 0 Å². The van der Waals surface area contributed by atoms with Crippen molar-refractivity contribution in [2.45, 2.75) is 31.7 Å². The number of nitrogens with one attached hydrogen (secondary N) is 1. The molecular formula is C14H17FN2O4. The second-order valence-corrected chi connectivity index (χ2v) is 5.29. The average Bonchev–Trinajstić information content (AvgIpc) is 2.47. The molecule has 0 atom stereocenters. The Hall–Kier alpha value is -2.02. The summed E-state index contributed by atoms with van der Waals surface area (Å²) in [6, 6.07) is 2.84. The molecule has 0 unspecified atom stereocenters. The number of nitro groups is 1. The molecule has 7 heteroatoms. The number of halogens is 1. The lowest BCUT2D eigenvalue weighted by Gasteiger charge is -2.27. The fourth-order valence-electron chi connectivity index (χ4n) is 2.60. The van der Waals surface area contributed by atoms with Gasteiger partial charge in [-0.1, -0.05) is 0 Å². The van der Waals surface area contributed by atoms with E-state index < -0.39 is 22.3 Å². The molecule has 6 nitrogen and oxygen atoms in total. The van der Waals surface area contributed by atoms with E-state index in [9.17, 15) is 19.3 Å². The van der Waals surface area contributed by atoms with E-state index in [1.807, 2.05) is 0 Å². The lowest BCUT2D eigenvalue weighted by molar-refractivity contribution is -0.385. The summed E-state index contributed by atoms with van der Waals surface area (Å²) in [6.07, 6.45) is 3.08. The van der Waals surface area contributed by atoms with Gasteiger partial charge in [0.05, 0.1) is 11.0 Å². The molecule has 1 aliphatic rings. The smallest absolute Gasteiger partial charge is 0.285 e. The van der Waals surface area contributed by atoms with E-state index in [0.29, 0.717) is 0 Å².